The standard InChI is InChI=1S/C19H13N3O2/c1-12-5-7-13(8-6-12)19(23)15-9-14(10-20-11-15)16-3-2-4-17-18(16)22-24-21-17/h2-11H,1H3. The lowest BCUT2D eigenvalue weighted by atomic mass is 9.99. The molecule has 24 heavy (non-hydrogen) atoms. The van der Waals surface area contributed by atoms with Crippen LogP contribution >= 0.6 is 0 Å². The summed E-state index contributed by atoms with van der Waals surface area (Å²) in [6, 6.07) is 14.9. The van der Waals surface area contributed by atoms with Crippen LogP contribution in [0.5, 0.6) is 0 Å². The predicted octanol–water partition coefficient (Wildman–Crippen LogP) is 3.82. The third-order valence-electron chi connectivity index (χ3n) is 3.91. The first kappa shape index (κ1) is 14.3. The summed E-state index contributed by atoms with van der Waals surface area (Å²) in [5.74, 6) is -0.0604. The van der Waals surface area contributed by atoms with E-state index in [4.69, 9.17) is 4.63 Å². The Kier molecular flexibility index (Phi) is 3.39. The molecule has 2 aromatic heterocycles. The minimum atomic E-state index is -0.0604. The maximum atomic E-state index is 12.7. The highest BCUT2D eigenvalue weighted by atomic mass is 16.6. The van der Waals surface area contributed by atoms with Gasteiger partial charge in [0.25, 0.3) is 0 Å². The number of aryl methyl sites for hydroxylation is 1. The van der Waals surface area contributed by atoms with Crippen LogP contribution in [0.2, 0.25) is 0 Å². The SMILES string of the molecule is Cc1ccc(C(=O)c2cncc(-c3cccc4nonc34)c2)cc1. The van der Waals surface area contributed by atoms with Crippen LogP contribution < -0.4 is 0 Å². The van der Waals surface area contributed by atoms with Gasteiger partial charge in [-0.05, 0) is 29.4 Å². The van der Waals surface area contributed by atoms with Crippen LogP contribution in [0.15, 0.2) is 65.6 Å². The maximum absolute atomic E-state index is 12.7. The van der Waals surface area contributed by atoms with Gasteiger partial charge in [-0.1, -0.05) is 42.0 Å². The summed E-state index contributed by atoms with van der Waals surface area (Å²) >= 11 is 0. The van der Waals surface area contributed by atoms with Gasteiger partial charge in [0.15, 0.2) is 5.78 Å². The molecule has 0 aliphatic carbocycles. The number of pyridine rings is 1. The van der Waals surface area contributed by atoms with Crippen molar-refractivity contribution in [2.24, 2.45) is 0 Å². The van der Waals surface area contributed by atoms with Gasteiger partial charge in [0.05, 0.1) is 0 Å². The van der Waals surface area contributed by atoms with Crippen LogP contribution in [0.4, 0.5) is 0 Å². The number of ketones is 1. The van der Waals surface area contributed by atoms with Crippen molar-refractivity contribution in [3.05, 3.63) is 77.6 Å². The predicted molar refractivity (Wildman–Crippen MR) is 89.6 cm³/mol. The van der Waals surface area contributed by atoms with Crippen molar-refractivity contribution < 1.29 is 9.42 Å². The lowest BCUT2D eigenvalue weighted by molar-refractivity contribution is 0.103. The minimum Gasteiger partial charge on any atom is -0.289 e. The Morgan fingerprint density at radius 1 is 0.958 bits per heavy atom. The quantitative estimate of drug-likeness (QED) is 0.537. The molecule has 4 rings (SSSR count). The molecule has 0 aliphatic heterocycles. The van der Waals surface area contributed by atoms with Crippen molar-refractivity contribution >= 4 is 16.8 Å². The molecule has 4 aromatic rings. The average Bonchev–Trinajstić information content (AvgIpc) is 3.10. The number of carbonyl (C=O) groups is 1. The van der Waals surface area contributed by atoms with Gasteiger partial charge >= 0.3 is 0 Å². The van der Waals surface area contributed by atoms with Crippen LogP contribution in [-0.4, -0.2) is 21.1 Å². The molecule has 2 heterocycles. The number of fused-ring (bicyclic) bond motifs is 1. The lowest BCUT2D eigenvalue weighted by Crippen LogP contribution is -2.02. The number of carbonyl (C=O) groups excluding carboxylic acids is 1. The summed E-state index contributed by atoms with van der Waals surface area (Å²) < 4.78 is 4.80. The van der Waals surface area contributed by atoms with Gasteiger partial charge in [0.1, 0.15) is 11.0 Å². The van der Waals surface area contributed by atoms with Gasteiger partial charge in [-0.15, -0.1) is 0 Å². The fourth-order valence-corrected chi connectivity index (χ4v) is 2.62. The summed E-state index contributed by atoms with van der Waals surface area (Å²) in [4.78, 5) is 16.9. The molecule has 0 saturated carbocycles. The van der Waals surface area contributed by atoms with E-state index in [-0.39, 0.29) is 5.78 Å². The third-order valence-corrected chi connectivity index (χ3v) is 3.91. The zero-order valence-electron chi connectivity index (χ0n) is 12.9. The average molecular weight is 315 g/mol. The molecular weight excluding hydrogens is 302 g/mol. The number of hydrogen-bond donors (Lipinski definition) is 0. The van der Waals surface area contributed by atoms with Crippen LogP contribution in [0.3, 0.4) is 0 Å². The summed E-state index contributed by atoms with van der Waals surface area (Å²) in [6.07, 6.45) is 3.28. The van der Waals surface area contributed by atoms with Crippen molar-refractivity contribution in [3.63, 3.8) is 0 Å². The summed E-state index contributed by atoms with van der Waals surface area (Å²) in [5, 5.41) is 7.78. The third kappa shape index (κ3) is 2.46. The molecule has 0 radical (unpaired) electrons. The van der Waals surface area contributed by atoms with Crippen LogP contribution in [0.1, 0.15) is 21.5 Å². The molecular formula is C19H13N3O2. The molecule has 0 fully saturated rings. The number of hydrogen-bond acceptors (Lipinski definition) is 5. The van der Waals surface area contributed by atoms with Crippen molar-refractivity contribution in [2.45, 2.75) is 6.92 Å². The Morgan fingerprint density at radius 3 is 2.62 bits per heavy atom. The highest BCUT2D eigenvalue weighted by Crippen LogP contribution is 2.27. The maximum Gasteiger partial charge on any atom is 0.194 e. The zero-order valence-corrected chi connectivity index (χ0v) is 12.9. The van der Waals surface area contributed by atoms with Crippen molar-refractivity contribution in [1.29, 1.82) is 0 Å². The van der Waals surface area contributed by atoms with E-state index in [9.17, 15) is 4.79 Å². The second-order valence-corrected chi connectivity index (χ2v) is 5.59. The highest BCUT2D eigenvalue weighted by molar-refractivity contribution is 6.09. The molecule has 0 aliphatic rings. The summed E-state index contributed by atoms with van der Waals surface area (Å²) in [6.45, 7) is 1.99. The van der Waals surface area contributed by atoms with Gasteiger partial charge in [0.2, 0.25) is 0 Å². The van der Waals surface area contributed by atoms with Gasteiger partial charge in [-0.3, -0.25) is 9.78 Å². The minimum absolute atomic E-state index is 0.0604. The molecule has 0 atom stereocenters. The van der Waals surface area contributed by atoms with E-state index in [1.54, 1.807) is 12.4 Å². The van der Waals surface area contributed by atoms with E-state index < -0.39 is 0 Å². The van der Waals surface area contributed by atoms with E-state index >= 15 is 0 Å². The first-order chi connectivity index (χ1) is 11.7. The molecule has 0 amide bonds. The second kappa shape index (κ2) is 5.70. The smallest absolute Gasteiger partial charge is 0.194 e. The van der Waals surface area contributed by atoms with Gasteiger partial charge in [-0.25, -0.2) is 4.63 Å². The zero-order chi connectivity index (χ0) is 16.5. The topological polar surface area (TPSA) is 68.9 Å². The molecule has 0 N–H and O–H groups in total. The molecule has 0 bridgehead atoms. The fraction of sp³-hybridized carbons (Fsp3) is 0.0526. The molecule has 0 spiro atoms. The molecule has 0 unspecified atom stereocenters. The second-order valence-electron chi connectivity index (χ2n) is 5.59. The summed E-state index contributed by atoms with van der Waals surface area (Å²) in [5.41, 5.74) is 5.24. The van der Waals surface area contributed by atoms with Gasteiger partial charge in [-0.2, -0.15) is 0 Å². The van der Waals surface area contributed by atoms with E-state index in [1.165, 1.54) is 0 Å². The molecule has 2 aromatic carbocycles. The number of benzene rings is 2. The molecule has 116 valence electrons. The van der Waals surface area contributed by atoms with Crippen LogP contribution in [-0.2, 0) is 0 Å². The van der Waals surface area contributed by atoms with E-state index in [0.29, 0.717) is 22.2 Å². The Morgan fingerprint density at radius 2 is 1.79 bits per heavy atom. The van der Waals surface area contributed by atoms with Crippen molar-refractivity contribution in [3.8, 4) is 11.1 Å². The Balaban J connectivity index is 1.78. The van der Waals surface area contributed by atoms with E-state index in [2.05, 4.69) is 15.3 Å². The lowest BCUT2D eigenvalue weighted by Gasteiger charge is -2.05. The number of nitrogens with zero attached hydrogens (tertiary/aromatic N) is 3. The Labute approximate surface area is 137 Å². The van der Waals surface area contributed by atoms with Crippen molar-refractivity contribution in [2.75, 3.05) is 0 Å². The first-order valence-electron chi connectivity index (χ1n) is 7.50. The summed E-state index contributed by atoms with van der Waals surface area (Å²) in [7, 11) is 0. The molecule has 0 saturated heterocycles. The largest absolute Gasteiger partial charge is 0.289 e. The van der Waals surface area contributed by atoms with E-state index in [0.717, 1.165) is 16.7 Å². The molecule has 5 heteroatoms. The Bertz CT molecular complexity index is 1040. The Hall–Kier alpha value is -3.34. The monoisotopic (exact) mass is 315 g/mol. The van der Waals surface area contributed by atoms with E-state index in [1.807, 2.05) is 55.5 Å². The van der Waals surface area contributed by atoms with Gasteiger partial charge < -0.3 is 0 Å². The normalized spacial score (nSPS) is 10.9. The van der Waals surface area contributed by atoms with Crippen molar-refractivity contribution in [1.82, 2.24) is 15.3 Å². The van der Waals surface area contributed by atoms with Crippen LogP contribution in [0.25, 0.3) is 22.2 Å². The highest BCUT2D eigenvalue weighted by Gasteiger charge is 2.13. The number of aromatic nitrogens is 3. The number of rotatable bonds is 3. The van der Waals surface area contributed by atoms with Gasteiger partial charge in [0, 0.05) is 34.6 Å². The fourth-order valence-electron chi connectivity index (χ4n) is 2.62. The molecule has 5 nitrogen and oxygen atoms in total. The van der Waals surface area contributed by atoms with Crippen LogP contribution in [0, 0.1) is 6.92 Å². The first-order valence-corrected chi connectivity index (χ1v) is 7.50.